The van der Waals surface area contributed by atoms with Crippen LogP contribution in [0.15, 0.2) is 0 Å². The van der Waals surface area contributed by atoms with Crippen molar-refractivity contribution in [3.8, 4) is 0 Å². The Morgan fingerprint density at radius 2 is 1.36 bits per heavy atom. The minimum atomic E-state index is -4.16. The molecule has 0 rings (SSSR count). The molecule has 0 aliphatic heterocycles. The van der Waals surface area contributed by atoms with E-state index in [1.54, 1.807) is 6.92 Å². The Balaban J connectivity index is 0. The molecule has 0 saturated heterocycles. The highest BCUT2D eigenvalue weighted by atomic mass is 32.3. The van der Waals surface area contributed by atoms with E-state index < -0.39 is 16.1 Å². The zero-order valence-electron chi connectivity index (χ0n) is 9.10. The van der Waals surface area contributed by atoms with E-state index in [0.717, 1.165) is 7.11 Å². The van der Waals surface area contributed by atoms with Gasteiger partial charge in [-0.1, -0.05) is 20.8 Å². The summed E-state index contributed by atoms with van der Waals surface area (Å²) >= 11 is 0. The van der Waals surface area contributed by atoms with Crippen molar-refractivity contribution in [1.29, 1.82) is 0 Å². The smallest absolute Gasteiger partial charge is 0.376 e. The van der Waals surface area contributed by atoms with Crippen molar-refractivity contribution in [3.63, 3.8) is 0 Å². The average Bonchev–Trinajstić information content (AvgIpc) is 1.82. The van der Waals surface area contributed by atoms with Gasteiger partial charge in [0, 0.05) is 5.41 Å². The molecule has 7 heteroatoms. The van der Waals surface area contributed by atoms with E-state index >= 15 is 0 Å². The number of rotatable bonds is 1. The lowest BCUT2D eigenvalue weighted by atomic mass is 9.85. The first-order valence-corrected chi connectivity index (χ1v) is 5.22. The zero-order chi connectivity index (χ0) is 12.2. The summed E-state index contributed by atoms with van der Waals surface area (Å²) in [5, 5.41) is 9.13. The van der Waals surface area contributed by atoms with E-state index in [9.17, 15) is 8.42 Å². The third kappa shape index (κ3) is 9.87. The van der Waals surface area contributed by atoms with Crippen LogP contribution >= 0.6 is 0 Å². The number of hydrogen-bond acceptors (Lipinski definition) is 5. The SMILES string of the molecule is CC(C)(C)C(C)(N)O.COS(=O)(=O)O. The van der Waals surface area contributed by atoms with E-state index in [1.807, 2.05) is 20.8 Å². The first-order chi connectivity index (χ1) is 5.81. The molecule has 6 nitrogen and oxygen atoms in total. The van der Waals surface area contributed by atoms with Crippen LogP contribution in [0.4, 0.5) is 0 Å². The lowest BCUT2D eigenvalue weighted by Gasteiger charge is -2.32. The molecular formula is C7H19NO5S. The van der Waals surface area contributed by atoms with Crippen molar-refractivity contribution in [2.75, 3.05) is 7.11 Å². The van der Waals surface area contributed by atoms with Crippen molar-refractivity contribution in [1.82, 2.24) is 0 Å². The number of nitrogens with two attached hydrogens (primary N) is 1. The molecule has 0 aromatic carbocycles. The molecule has 0 heterocycles. The van der Waals surface area contributed by atoms with E-state index in [0.29, 0.717) is 0 Å². The molecule has 0 saturated carbocycles. The topological polar surface area (TPSA) is 110 Å². The molecule has 0 amide bonds. The van der Waals surface area contributed by atoms with Gasteiger partial charge in [-0.3, -0.25) is 8.74 Å². The summed E-state index contributed by atoms with van der Waals surface area (Å²) in [4.78, 5) is 0. The predicted octanol–water partition coefficient (Wildman–Crippen LogP) is 0.135. The van der Waals surface area contributed by atoms with Gasteiger partial charge in [0.2, 0.25) is 0 Å². The van der Waals surface area contributed by atoms with Crippen LogP contribution in [0.3, 0.4) is 0 Å². The van der Waals surface area contributed by atoms with Crippen LogP contribution in [0.5, 0.6) is 0 Å². The predicted molar refractivity (Wildman–Crippen MR) is 52.8 cm³/mol. The Morgan fingerprint density at radius 1 is 1.21 bits per heavy atom. The summed E-state index contributed by atoms with van der Waals surface area (Å²) < 4.78 is 29.7. The highest BCUT2D eigenvalue weighted by molar-refractivity contribution is 7.80. The van der Waals surface area contributed by atoms with Crippen molar-refractivity contribution in [3.05, 3.63) is 0 Å². The quantitative estimate of drug-likeness (QED) is 0.435. The van der Waals surface area contributed by atoms with E-state index in [2.05, 4.69) is 4.18 Å². The first-order valence-electron chi connectivity index (χ1n) is 3.85. The molecule has 88 valence electrons. The fourth-order valence-electron chi connectivity index (χ4n) is 0. The fourth-order valence-corrected chi connectivity index (χ4v) is 0. The minimum Gasteiger partial charge on any atom is -0.376 e. The maximum atomic E-state index is 9.33. The molecule has 0 aliphatic carbocycles. The van der Waals surface area contributed by atoms with Gasteiger partial charge in [0.15, 0.2) is 0 Å². The fraction of sp³-hybridized carbons (Fsp3) is 1.00. The molecule has 4 N–H and O–H groups in total. The molecule has 0 radical (unpaired) electrons. The van der Waals surface area contributed by atoms with Gasteiger partial charge in [-0.25, -0.2) is 0 Å². The monoisotopic (exact) mass is 229 g/mol. The van der Waals surface area contributed by atoms with Crippen LogP contribution in [-0.4, -0.2) is 30.9 Å². The van der Waals surface area contributed by atoms with Crippen LogP contribution in [0.1, 0.15) is 27.7 Å². The Hall–Kier alpha value is -0.210. The van der Waals surface area contributed by atoms with Crippen molar-refractivity contribution >= 4 is 10.4 Å². The third-order valence-corrected chi connectivity index (χ3v) is 2.15. The molecule has 0 fully saturated rings. The van der Waals surface area contributed by atoms with Gasteiger partial charge in [-0.05, 0) is 6.92 Å². The van der Waals surface area contributed by atoms with Gasteiger partial charge in [-0.15, -0.1) is 0 Å². The summed E-state index contributed by atoms with van der Waals surface area (Å²) in [5.74, 6) is 0. The van der Waals surface area contributed by atoms with Gasteiger partial charge >= 0.3 is 10.4 Å². The molecule has 0 aromatic rings. The van der Waals surface area contributed by atoms with Crippen LogP contribution in [-0.2, 0) is 14.6 Å². The Bertz CT molecular complexity index is 234. The Morgan fingerprint density at radius 3 is 1.36 bits per heavy atom. The minimum absolute atomic E-state index is 0.229. The highest BCUT2D eigenvalue weighted by Gasteiger charge is 2.30. The lowest BCUT2D eigenvalue weighted by Crippen LogP contribution is -2.48. The molecule has 14 heavy (non-hydrogen) atoms. The van der Waals surface area contributed by atoms with E-state index in [1.165, 1.54) is 0 Å². The third-order valence-electron chi connectivity index (χ3n) is 1.73. The highest BCUT2D eigenvalue weighted by Crippen LogP contribution is 2.24. The summed E-state index contributed by atoms with van der Waals surface area (Å²) in [6.07, 6.45) is 0. The van der Waals surface area contributed by atoms with E-state index in [-0.39, 0.29) is 5.41 Å². The molecule has 0 aliphatic rings. The average molecular weight is 229 g/mol. The summed E-state index contributed by atoms with van der Waals surface area (Å²) in [6.45, 7) is 7.29. The zero-order valence-corrected chi connectivity index (χ0v) is 9.92. The van der Waals surface area contributed by atoms with Crippen molar-refractivity contribution in [2.24, 2.45) is 11.1 Å². The number of hydrogen-bond donors (Lipinski definition) is 3. The summed E-state index contributed by atoms with van der Waals surface area (Å²) in [7, 11) is -3.29. The maximum absolute atomic E-state index is 9.33. The molecule has 1 atom stereocenters. The lowest BCUT2D eigenvalue weighted by molar-refractivity contribution is -0.0354. The van der Waals surface area contributed by atoms with Gasteiger partial charge in [0.05, 0.1) is 7.11 Å². The molecule has 0 aromatic heterocycles. The van der Waals surface area contributed by atoms with Gasteiger partial charge < -0.3 is 10.8 Å². The van der Waals surface area contributed by atoms with E-state index in [4.69, 9.17) is 15.4 Å². The van der Waals surface area contributed by atoms with Crippen LogP contribution in [0.25, 0.3) is 0 Å². The second-order valence-corrected chi connectivity index (χ2v) is 5.18. The van der Waals surface area contributed by atoms with Gasteiger partial charge in [0.1, 0.15) is 5.72 Å². The van der Waals surface area contributed by atoms with Gasteiger partial charge in [0.25, 0.3) is 0 Å². The normalized spacial score (nSPS) is 16.6. The number of aliphatic hydroxyl groups is 1. The van der Waals surface area contributed by atoms with Crippen LogP contribution in [0.2, 0.25) is 0 Å². The Labute approximate surface area is 85.0 Å². The van der Waals surface area contributed by atoms with Crippen LogP contribution in [0, 0.1) is 5.41 Å². The standard InChI is InChI=1S/C6H15NO.CH4O4S/c1-5(2,3)6(4,7)8;1-5-6(2,3)4/h8H,7H2,1-4H3;1H3,(H,2,3,4). The van der Waals surface area contributed by atoms with Crippen molar-refractivity contribution in [2.45, 2.75) is 33.4 Å². The summed E-state index contributed by atoms with van der Waals surface area (Å²) in [5.41, 5.74) is 4.08. The Kier molecular flexibility index (Phi) is 5.84. The second kappa shape index (κ2) is 5.04. The second-order valence-electron chi connectivity index (χ2n) is 3.99. The molecule has 1 unspecified atom stereocenters. The maximum Gasteiger partial charge on any atom is 0.397 e. The van der Waals surface area contributed by atoms with Crippen LogP contribution < -0.4 is 5.73 Å². The molecule has 0 spiro atoms. The summed E-state index contributed by atoms with van der Waals surface area (Å²) in [6, 6.07) is 0. The first kappa shape index (κ1) is 16.2. The largest absolute Gasteiger partial charge is 0.397 e. The van der Waals surface area contributed by atoms with Gasteiger partial charge in [-0.2, -0.15) is 8.42 Å². The molecular weight excluding hydrogens is 210 g/mol. The van der Waals surface area contributed by atoms with Crippen molar-refractivity contribution < 1.29 is 22.3 Å². The molecule has 0 bridgehead atoms.